The van der Waals surface area contributed by atoms with Gasteiger partial charge in [0, 0.05) is 48.8 Å². The van der Waals surface area contributed by atoms with Gasteiger partial charge in [-0.2, -0.15) is 0 Å². The Kier molecular flexibility index (Phi) is 13.3. The first-order chi connectivity index (χ1) is 16.6. The molecule has 0 spiro atoms. The van der Waals surface area contributed by atoms with Crippen LogP contribution in [0.15, 0.2) is 46.4 Å². The van der Waals surface area contributed by atoms with Crippen molar-refractivity contribution in [2.24, 2.45) is 9.98 Å². The third-order valence-corrected chi connectivity index (χ3v) is 5.23. The number of aliphatic imine (C=N–C) groups is 2. The minimum atomic E-state index is 0.202. The number of nitrogens with zero attached hydrogens (tertiary/aromatic N) is 2. The molecule has 2 rings (SSSR count). The zero-order valence-electron chi connectivity index (χ0n) is 20.7. The number of aromatic hydroxyl groups is 2. The van der Waals surface area contributed by atoms with Gasteiger partial charge in [-0.05, 0) is 49.9 Å². The van der Waals surface area contributed by atoms with E-state index in [0.29, 0.717) is 24.7 Å². The number of phenolic OH excluding ortho intramolecular Hbond substituents is 2. The van der Waals surface area contributed by atoms with Gasteiger partial charge >= 0.3 is 0 Å². The minimum absolute atomic E-state index is 0.202. The van der Waals surface area contributed by atoms with Gasteiger partial charge in [0.05, 0.1) is 13.2 Å². The van der Waals surface area contributed by atoms with E-state index in [9.17, 15) is 10.2 Å². The van der Waals surface area contributed by atoms with Crippen molar-refractivity contribution in [1.29, 1.82) is 0 Å². The fraction of sp³-hybridized carbons (Fsp3) is 0.500. The van der Waals surface area contributed by atoms with Crippen molar-refractivity contribution in [2.75, 3.05) is 26.3 Å². The highest BCUT2D eigenvalue weighted by molar-refractivity contribution is 5.84. The van der Waals surface area contributed by atoms with E-state index in [1.165, 1.54) is 12.8 Å². The van der Waals surface area contributed by atoms with E-state index in [-0.39, 0.29) is 11.5 Å². The Bertz CT molecular complexity index is 822. The Hall–Kier alpha value is -3.02. The highest BCUT2D eigenvalue weighted by Crippen LogP contribution is 2.23. The summed E-state index contributed by atoms with van der Waals surface area (Å²) in [5.74, 6) is 1.78. The third-order valence-electron chi connectivity index (χ3n) is 5.23. The molecule has 0 aliphatic heterocycles. The van der Waals surface area contributed by atoms with Gasteiger partial charge in [-0.15, -0.1) is 0 Å². The van der Waals surface area contributed by atoms with Crippen LogP contribution in [0.5, 0.6) is 23.0 Å². The monoisotopic (exact) mass is 468 g/mol. The molecule has 0 amide bonds. The second kappa shape index (κ2) is 16.6. The Morgan fingerprint density at radius 2 is 1.06 bits per heavy atom. The molecule has 0 fully saturated rings. The molecule has 0 heterocycles. The molecule has 0 saturated carbocycles. The van der Waals surface area contributed by atoms with E-state index in [2.05, 4.69) is 23.8 Å². The molecule has 6 nitrogen and oxygen atoms in total. The van der Waals surface area contributed by atoms with Crippen LogP contribution in [0.25, 0.3) is 0 Å². The molecule has 186 valence electrons. The molecule has 34 heavy (non-hydrogen) atoms. The van der Waals surface area contributed by atoms with Gasteiger partial charge in [-0.3, -0.25) is 9.98 Å². The molecular weight excluding hydrogens is 428 g/mol. The second-order valence-corrected chi connectivity index (χ2v) is 8.33. The molecule has 0 radical (unpaired) electrons. The zero-order valence-corrected chi connectivity index (χ0v) is 20.7. The van der Waals surface area contributed by atoms with Gasteiger partial charge in [-0.25, -0.2) is 0 Å². The van der Waals surface area contributed by atoms with Crippen LogP contribution >= 0.6 is 0 Å². The van der Waals surface area contributed by atoms with Crippen molar-refractivity contribution < 1.29 is 19.7 Å². The molecule has 0 unspecified atom stereocenters. The lowest BCUT2D eigenvalue weighted by Crippen LogP contribution is -1.95. The minimum Gasteiger partial charge on any atom is -0.507 e. The second-order valence-electron chi connectivity index (χ2n) is 8.33. The van der Waals surface area contributed by atoms with Crippen LogP contribution in [0.1, 0.15) is 76.3 Å². The summed E-state index contributed by atoms with van der Waals surface area (Å²) in [6.07, 6.45) is 12.1. The predicted octanol–water partition coefficient (Wildman–Crippen LogP) is 6.55. The molecular formula is C28H40N2O4. The van der Waals surface area contributed by atoms with Gasteiger partial charge < -0.3 is 19.7 Å². The van der Waals surface area contributed by atoms with Crippen molar-refractivity contribution in [3.05, 3.63) is 47.5 Å². The van der Waals surface area contributed by atoms with Crippen LogP contribution in [-0.2, 0) is 0 Å². The van der Waals surface area contributed by atoms with E-state index < -0.39 is 0 Å². The van der Waals surface area contributed by atoms with Crippen LogP contribution in [0.2, 0.25) is 0 Å². The zero-order chi connectivity index (χ0) is 24.4. The first-order valence-electron chi connectivity index (χ1n) is 12.5. The summed E-state index contributed by atoms with van der Waals surface area (Å²) in [6.45, 7) is 6.93. The van der Waals surface area contributed by atoms with E-state index >= 15 is 0 Å². The molecule has 2 aromatic carbocycles. The molecule has 0 aliphatic carbocycles. The SMILES string of the molecule is CCCOc1ccc(C=NCCCCCCCCN=Cc2ccc(OCCC)cc2O)c(O)c1. The van der Waals surface area contributed by atoms with E-state index in [1.807, 2.05) is 24.3 Å². The summed E-state index contributed by atoms with van der Waals surface area (Å²) in [6, 6.07) is 10.7. The molecule has 0 bridgehead atoms. The smallest absolute Gasteiger partial charge is 0.128 e. The molecule has 0 saturated heterocycles. The fourth-order valence-electron chi connectivity index (χ4n) is 3.32. The summed E-state index contributed by atoms with van der Waals surface area (Å²) in [5.41, 5.74) is 1.44. The van der Waals surface area contributed by atoms with Crippen molar-refractivity contribution in [1.82, 2.24) is 0 Å². The highest BCUT2D eigenvalue weighted by Gasteiger charge is 2.02. The normalized spacial score (nSPS) is 11.5. The van der Waals surface area contributed by atoms with E-state index in [4.69, 9.17) is 9.47 Å². The molecule has 6 heteroatoms. The number of unbranched alkanes of at least 4 members (excludes halogenated alkanes) is 5. The lowest BCUT2D eigenvalue weighted by atomic mass is 10.1. The fourth-order valence-corrected chi connectivity index (χ4v) is 3.32. The van der Waals surface area contributed by atoms with Gasteiger partial charge in [0.25, 0.3) is 0 Å². The third kappa shape index (κ3) is 10.7. The number of hydrogen-bond acceptors (Lipinski definition) is 6. The van der Waals surface area contributed by atoms with Crippen LogP contribution in [0, 0.1) is 0 Å². The Morgan fingerprint density at radius 1 is 0.647 bits per heavy atom. The van der Waals surface area contributed by atoms with E-state index in [1.54, 1.807) is 24.6 Å². The first-order valence-corrected chi connectivity index (χ1v) is 12.5. The Labute approximate surface area is 204 Å². The van der Waals surface area contributed by atoms with Gasteiger partial charge in [0.1, 0.15) is 23.0 Å². The maximum Gasteiger partial charge on any atom is 0.128 e. The van der Waals surface area contributed by atoms with Crippen molar-refractivity contribution >= 4 is 12.4 Å². The average molecular weight is 469 g/mol. The number of rotatable bonds is 17. The number of phenols is 2. The molecule has 0 aliphatic rings. The molecule has 2 aromatic rings. The summed E-state index contributed by atoms with van der Waals surface area (Å²) >= 11 is 0. The van der Waals surface area contributed by atoms with Crippen molar-refractivity contribution in [2.45, 2.75) is 65.2 Å². The number of benzene rings is 2. The largest absolute Gasteiger partial charge is 0.507 e. The molecule has 0 atom stereocenters. The van der Waals surface area contributed by atoms with Crippen LogP contribution in [0.4, 0.5) is 0 Å². The van der Waals surface area contributed by atoms with Gasteiger partial charge in [-0.1, -0.05) is 39.5 Å². The predicted molar refractivity (Wildman–Crippen MR) is 140 cm³/mol. The quantitative estimate of drug-likeness (QED) is 0.204. The maximum atomic E-state index is 10.1. The maximum absolute atomic E-state index is 10.1. The lowest BCUT2D eigenvalue weighted by Gasteiger charge is -2.06. The number of ether oxygens (including phenoxy) is 2. The molecule has 2 N–H and O–H groups in total. The van der Waals surface area contributed by atoms with E-state index in [0.717, 1.165) is 62.7 Å². The standard InChI is InChI=1S/C28H40N2O4/c1-3-17-33-25-13-11-23(27(31)19-25)21-29-15-9-7-5-6-8-10-16-30-22-24-12-14-26(20-28(24)32)34-18-4-2/h11-14,19-22,31-32H,3-10,15-18H2,1-2H3. The summed E-state index contributed by atoms with van der Waals surface area (Å²) in [5, 5.41) is 20.1. The van der Waals surface area contributed by atoms with Crippen molar-refractivity contribution in [3.63, 3.8) is 0 Å². The van der Waals surface area contributed by atoms with Crippen LogP contribution in [-0.4, -0.2) is 48.9 Å². The average Bonchev–Trinajstić information content (AvgIpc) is 2.84. The summed E-state index contributed by atoms with van der Waals surface area (Å²) in [4.78, 5) is 8.87. The Balaban J connectivity index is 1.52. The highest BCUT2D eigenvalue weighted by atomic mass is 16.5. The number of hydrogen-bond donors (Lipinski definition) is 2. The van der Waals surface area contributed by atoms with Gasteiger partial charge in [0.2, 0.25) is 0 Å². The Morgan fingerprint density at radius 3 is 1.44 bits per heavy atom. The topological polar surface area (TPSA) is 83.6 Å². The molecule has 0 aromatic heterocycles. The first kappa shape index (κ1) is 27.2. The van der Waals surface area contributed by atoms with Crippen LogP contribution < -0.4 is 9.47 Å². The lowest BCUT2D eigenvalue weighted by molar-refractivity contribution is 0.315. The summed E-state index contributed by atoms with van der Waals surface area (Å²) < 4.78 is 11.0. The van der Waals surface area contributed by atoms with Crippen LogP contribution in [0.3, 0.4) is 0 Å². The van der Waals surface area contributed by atoms with Gasteiger partial charge in [0.15, 0.2) is 0 Å². The summed E-state index contributed by atoms with van der Waals surface area (Å²) in [7, 11) is 0. The van der Waals surface area contributed by atoms with Crippen molar-refractivity contribution in [3.8, 4) is 23.0 Å².